The molecule has 0 saturated carbocycles. The summed E-state index contributed by atoms with van der Waals surface area (Å²) < 4.78 is 11.2. The molecule has 88 valence electrons. The van der Waals surface area contributed by atoms with Crippen molar-refractivity contribution in [3.8, 4) is 11.5 Å². The molecule has 0 radical (unpaired) electrons. The summed E-state index contributed by atoms with van der Waals surface area (Å²) in [5.41, 5.74) is 7.31. The highest BCUT2D eigenvalue weighted by Crippen LogP contribution is 2.43. The van der Waals surface area contributed by atoms with Gasteiger partial charge in [-0.25, -0.2) is 0 Å². The van der Waals surface area contributed by atoms with Gasteiger partial charge in [-0.15, -0.1) is 0 Å². The minimum absolute atomic E-state index is 0.0209. The van der Waals surface area contributed by atoms with Gasteiger partial charge in [0.1, 0.15) is 12.2 Å². The van der Waals surface area contributed by atoms with E-state index in [1.807, 2.05) is 19.9 Å². The monoisotopic (exact) mass is 223 g/mol. The van der Waals surface area contributed by atoms with Crippen LogP contribution in [0.15, 0.2) is 12.1 Å². The van der Waals surface area contributed by atoms with Gasteiger partial charge < -0.3 is 20.3 Å². The third-order valence-corrected chi connectivity index (χ3v) is 2.50. The zero-order chi connectivity index (χ0) is 11.8. The van der Waals surface area contributed by atoms with E-state index in [1.165, 1.54) is 0 Å². The number of fused-ring (bicyclic) bond motifs is 1. The number of nitrogen functional groups attached to an aromatic ring is 1. The lowest BCUT2D eigenvalue weighted by Gasteiger charge is -2.18. The number of hydrogen-bond acceptors (Lipinski definition) is 4. The van der Waals surface area contributed by atoms with Crippen molar-refractivity contribution in [1.29, 1.82) is 0 Å². The highest BCUT2D eigenvalue weighted by atomic mass is 16.5. The topological polar surface area (TPSA) is 64.7 Å². The number of aliphatic hydroxyl groups excluding tert-OH is 1. The second-order valence-electron chi connectivity index (χ2n) is 4.62. The predicted octanol–water partition coefficient (Wildman–Crippen LogP) is 1.35. The molecule has 0 bridgehead atoms. The quantitative estimate of drug-likeness (QED) is 0.759. The van der Waals surface area contributed by atoms with E-state index in [0.29, 0.717) is 11.4 Å². The van der Waals surface area contributed by atoms with Crippen LogP contribution in [0.2, 0.25) is 0 Å². The molecule has 16 heavy (non-hydrogen) atoms. The Balaban J connectivity index is 2.33. The minimum Gasteiger partial charge on any atom is -0.487 e. The molecule has 0 spiro atoms. The van der Waals surface area contributed by atoms with E-state index in [2.05, 4.69) is 0 Å². The van der Waals surface area contributed by atoms with E-state index in [1.54, 1.807) is 6.07 Å². The summed E-state index contributed by atoms with van der Waals surface area (Å²) in [6.45, 7) is 4.28. The van der Waals surface area contributed by atoms with E-state index in [0.717, 1.165) is 17.7 Å². The van der Waals surface area contributed by atoms with Crippen LogP contribution in [0.4, 0.5) is 5.69 Å². The molecule has 0 aromatic heterocycles. The molecule has 0 aliphatic carbocycles. The number of nitrogens with two attached hydrogens (primary N) is 1. The summed E-state index contributed by atoms with van der Waals surface area (Å²) in [4.78, 5) is 0. The largest absolute Gasteiger partial charge is 0.487 e. The Kier molecular flexibility index (Phi) is 2.68. The first-order valence-corrected chi connectivity index (χ1v) is 5.37. The Bertz CT molecular complexity index is 401. The van der Waals surface area contributed by atoms with Crippen molar-refractivity contribution in [3.63, 3.8) is 0 Å². The van der Waals surface area contributed by atoms with Crippen molar-refractivity contribution in [2.24, 2.45) is 0 Å². The second-order valence-corrected chi connectivity index (χ2v) is 4.62. The van der Waals surface area contributed by atoms with Crippen LogP contribution in [0.1, 0.15) is 19.4 Å². The Labute approximate surface area is 95.0 Å². The lowest BCUT2D eigenvalue weighted by molar-refractivity contribution is 0.129. The Morgan fingerprint density at radius 1 is 1.50 bits per heavy atom. The first-order valence-electron chi connectivity index (χ1n) is 5.37. The van der Waals surface area contributed by atoms with Gasteiger partial charge >= 0.3 is 0 Å². The van der Waals surface area contributed by atoms with Crippen molar-refractivity contribution in [2.45, 2.75) is 25.9 Å². The highest BCUT2D eigenvalue weighted by molar-refractivity contribution is 5.59. The van der Waals surface area contributed by atoms with Gasteiger partial charge in [0, 0.05) is 23.7 Å². The SMILES string of the molecule is CC1(C)Cc2cc(N)cc(OCCO)c2O1. The molecule has 1 aromatic rings. The molecule has 3 N–H and O–H groups in total. The first kappa shape index (κ1) is 11.1. The van der Waals surface area contributed by atoms with Crippen LogP contribution in [0.25, 0.3) is 0 Å². The fraction of sp³-hybridized carbons (Fsp3) is 0.500. The maximum Gasteiger partial charge on any atom is 0.165 e. The van der Waals surface area contributed by atoms with Crippen LogP contribution in [0.5, 0.6) is 11.5 Å². The summed E-state index contributed by atoms with van der Waals surface area (Å²) in [5, 5.41) is 8.75. The Hall–Kier alpha value is -1.42. The van der Waals surface area contributed by atoms with Crippen molar-refractivity contribution in [3.05, 3.63) is 17.7 Å². The summed E-state index contributed by atoms with van der Waals surface area (Å²) >= 11 is 0. The van der Waals surface area contributed by atoms with Crippen LogP contribution in [0, 0.1) is 0 Å². The highest BCUT2D eigenvalue weighted by Gasteiger charge is 2.32. The zero-order valence-corrected chi connectivity index (χ0v) is 9.62. The van der Waals surface area contributed by atoms with Crippen molar-refractivity contribution in [2.75, 3.05) is 18.9 Å². The van der Waals surface area contributed by atoms with Crippen molar-refractivity contribution in [1.82, 2.24) is 0 Å². The molecule has 4 heteroatoms. The molecule has 0 atom stereocenters. The zero-order valence-electron chi connectivity index (χ0n) is 9.62. The number of benzene rings is 1. The average molecular weight is 223 g/mol. The van der Waals surface area contributed by atoms with Gasteiger partial charge in [0.15, 0.2) is 11.5 Å². The summed E-state index contributed by atoms with van der Waals surface area (Å²) in [6.07, 6.45) is 0.822. The number of aliphatic hydroxyl groups is 1. The van der Waals surface area contributed by atoms with E-state index in [4.69, 9.17) is 20.3 Å². The van der Waals surface area contributed by atoms with Crippen LogP contribution >= 0.6 is 0 Å². The molecule has 0 saturated heterocycles. The Morgan fingerprint density at radius 2 is 2.25 bits per heavy atom. The van der Waals surface area contributed by atoms with E-state index >= 15 is 0 Å². The molecule has 1 aromatic carbocycles. The minimum atomic E-state index is -0.215. The molecule has 2 rings (SSSR count). The van der Waals surface area contributed by atoms with Gasteiger partial charge in [-0.3, -0.25) is 0 Å². The molecule has 1 aliphatic heterocycles. The maximum absolute atomic E-state index is 8.75. The standard InChI is InChI=1S/C12H17NO3/c1-12(2)7-8-5-9(13)6-10(11(8)16-12)15-4-3-14/h5-6,14H,3-4,7,13H2,1-2H3. The van der Waals surface area contributed by atoms with Crippen molar-refractivity contribution >= 4 is 5.69 Å². The number of ether oxygens (including phenoxy) is 2. The van der Waals surface area contributed by atoms with Gasteiger partial charge in [0.2, 0.25) is 0 Å². The summed E-state index contributed by atoms with van der Waals surface area (Å²) in [6, 6.07) is 3.64. The van der Waals surface area contributed by atoms with E-state index in [9.17, 15) is 0 Å². The molecular formula is C12H17NO3. The van der Waals surface area contributed by atoms with E-state index < -0.39 is 0 Å². The van der Waals surface area contributed by atoms with Crippen LogP contribution in [-0.4, -0.2) is 23.9 Å². The molecule has 1 aliphatic rings. The van der Waals surface area contributed by atoms with Gasteiger partial charge in [-0.1, -0.05) is 0 Å². The van der Waals surface area contributed by atoms with Crippen molar-refractivity contribution < 1.29 is 14.6 Å². The van der Waals surface area contributed by atoms with Gasteiger partial charge in [-0.2, -0.15) is 0 Å². The van der Waals surface area contributed by atoms with Crippen LogP contribution in [0.3, 0.4) is 0 Å². The molecule has 0 unspecified atom stereocenters. The normalized spacial score (nSPS) is 16.7. The predicted molar refractivity (Wildman–Crippen MR) is 61.8 cm³/mol. The van der Waals surface area contributed by atoms with E-state index in [-0.39, 0.29) is 18.8 Å². The average Bonchev–Trinajstić information content (AvgIpc) is 2.48. The number of anilines is 1. The number of rotatable bonds is 3. The summed E-state index contributed by atoms with van der Waals surface area (Å²) in [5.74, 6) is 1.38. The smallest absolute Gasteiger partial charge is 0.165 e. The third kappa shape index (κ3) is 2.07. The molecule has 4 nitrogen and oxygen atoms in total. The first-order chi connectivity index (χ1) is 7.52. The molecule has 0 amide bonds. The number of hydrogen-bond donors (Lipinski definition) is 2. The van der Waals surface area contributed by atoms with Crippen LogP contribution < -0.4 is 15.2 Å². The lowest BCUT2D eigenvalue weighted by atomic mass is 10.0. The van der Waals surface area contributed by atoms with Gasteiger partial charge in [0.25, 0.3) is 0 Å². The second kappa shape index (κ2) is 3.87. The fourth-order valence-corrected chi connectivity index (χ4v) is 1.96. The van der Waals surface area contributed by atoms with Crippen LogP contribution in [-0.2, 0) is 6.42 Å². The third-order valence-electron chi connectivity index (χ3n) is 2.50. The molecule has 1 heterocycles. The Morgan fingerprint density at radius 3 is 2.94 bits per heavy atom. The molecular weight excluding hydrogens is 206 g/mol. The maximum atomic E-state index is 8.75. The van der Waals surface area contributed by atoms with Gasteiger partial charge in [-0.05, 0) is 19.9 Å². The fourth-order valence-electron chi connectivity index (χ4n) is 1.96. The molecule has 0 fully saturated rings. The van der Waals surface area contributed by atoms with Gasteiger partial charge in [0.05, 0.1) is 6.61 Å². The lowest BCUT2D eigenvalue weighted by Crippen LogP contribution is -2.24. The summed E-state index contributed by atoms with van der Waals surface area (Å²) in [7, 11) is 0.